The number of piperazine rings is 1. The first kappa shape index (κ1) is 19.9. The second kappa shape index (κ2) is 8.81. The number of amides is 1. The van der Waals surface area contributed by atoms with Crippen molar-refractivity contribution in [2.75, 3.05) is 39.8 Å². The van der Waals surface area contributed by atoms with E-state index in [1.54, 1.807) is 6.92 Å². The smallest absolute Gasteiger partial charge is 0.219 e. The van der Waals surface area contributed by atoms with E-state index in [2.05, 4.69) is 30.0 Å². The molecule has 25 heavy (non-hydrogen) atoms. The molecular weight excluding hydrogens is 433 g/mol. The zero-order valence-electron chi connectivity index (χ0n) is 15.2. The van der Waals surface area contributed by atoms with Crippen LogP contribution in [0.5, 0.6) is 0 Å². The Labute approximate surface area is 166 Å². The van der Waals surface area contributed by atoms with Crippen LogP contribution in [0.15, 0.2) is 4.99 Å². The van der Waals surface area contributed by atoms with E-state index >= 15 is 0 Å². The van der Waals surface area contributed by atoms with Gasteiger partial charge in [-0.2, -0.15) is 0 Å². The van der Waals surface area contributed by atoms with Gasteiger partial charge in [0.2, 0.25) is 5.91 Å². The van der Waals surface area contributed by atoms with Crippen LogP contribution in [0.3, 0.4) is 0 Å². The van der Waals surface area contributed by atoms with Gasteiger partial charge in [-0.3, -0.25) is 9.79 Å². The number of halogens is 1. The summed E-state index contributed by atoms with van der Waals surface area (Å²) < 4.78 is 2.23. The predicted octanol–water partition coefficient (Wildman–Crippen LogP) is 0.506. The maximum Gasteiger partial charge on any atom is 0.219 e. The summed E-state index contributed by atoms with van der Waals surface area (Å²) >= 11 is 0. The minimum Gasteiger partial charge on any atom is -0.356 e. The fourth-order valence-corrected chi connectivity index (χ4v) is 3.50. The lowest BCUT2D eigenvalue weighted by Crippen LogP contribution is -2.54. The van der Waals surface area contributed by atoms with Crippen molar-refractivity contribution in [3.63, 3.8) is 0 Å². The van der Waals surface area contributed by atoms with Gasteiger partial charge in [0.25, 0.3) is 0 Å². The molecule has 3 heterocycles. The highest BCUT2D eigenvalue weighted by atomic mass is 127. The van der Waals surface area contributed by atoms with Crippen molar-refractivity contribution in [3.8, 4) is 0 Å². The van der Waals surface area contributed by atoms with Gasteiger partial charge in [0, 0.05) is 59.7 Å². The molecule has 1 saturated heterocycles. The van der Waals surface area contributed by atoms with Crippen molar-refractivity contribution in [2.45, 2.75) is 33.2 Å². The summed E-state index contributed by atoms with van der Waals surface area (Å²) in [6.45, 7) is 8.71. The fourth-order valence-electron chi connectivity index (χ4n) is 3.50. The van der Waals surface area contributed by atoms with E-state index < -0.39 is 0 Å². The molecule has 1 amide bonds. The normalized spacial score (nSPS) is 20.8. The van der Waals surface area contributed by atoms with Gasteiger partial charge in [-0.05, 0) is 19.3 Å². The molecule has 1 atom stereocenters. The van der Waals surface area contributed by atoms with Crippen molar-refractivity contribution >= 4 is 35.8 Å². The molecule has 1 fully saturated rings. The Bertz CT molecular complexity index is 622. The van der Waals surface area contributed by atoms with Crippen molar-refractivity contribution < 1.29 is 4.79 Å². The Balaban J connectivity index is 0.00000225. The van der Waals surface area contributed by atoms with Crippen LogP contribution in [-0.4, -0.2) is 76.2 Å². The number of carbonyl (C=O) groups is 1. The molecule has 8 nitrogen and oxygen atoms in total. The zero-order valence-corrected chi connectivity index (χ0v) is 17.6. The largest absolute Gasteiger partial charge is 0.356 e. The minimum atomic E-state index is 0. The number of aliphatic imine (C=N–C) groups is 1. The Kier molecular flexibility index (Phi) is 7.03. The number of nitrogens with one attached hydrogen (secondary N) is 1. The van der Waals surface area contributed by atoms with Crippen LogP contribution in [0.1, 0.15) is 25.0 Å². The molecule has 9 heteroatoms. The summed E-state index contributed by atoms with van der Waals surface area (Å²) in [5.74, 6) is 3.75. The van der Waals surface area contributed by atoms with Crippen LogP contribution in [-0.2, 0) is 17.8 Å². The number of carbonyl (C=O) groups excluding carboxylic acids is 1. The number of hydrogen-bond acceptors (Lipinski definition) is 4. The summed E-state index contributed by atoms with van der Waals surface area (Å²) in [6, 6.07) is 0. The fraction of sp³-hybridized carbons (Fsp3) is 0.750. The third kappa shape index (κ3) is 4.62. The molecule has 1 N–H and O–H groups in total. The van der Waals surface area contributed by atoms with E-state index in [1.165, 1.54) is 0 Å². The Morgan fingerprint density at radius 1 is 1.24 bits per heavy atom. The molecule has 1 unspecified atom stereocenters. The van der Waals surface area contributed by atoms with Crippen molar-refractivity contribution in [3.05, 3.63) is 11.6 Å². The lowest BCUT2D eigenvalue weighted by Gasteiger charge is -2.36. The number of aromatic nitrogens is 3. The maximum atomic E-state index is 11.4. The summed E-state index contributed by atoms with van der Waals surface area (Å²) in [4.78, 5) is 20.0. The molecule has 1 aromatic heterocycles. The summed E-state index contributed by atoms with van der Waals surface area (Å²) in [5.41, 5.74) is 0. The summed E-state index contributed by atoms with van der Waals surface area (Å²) in [6.07, 6.45) is 2.11. The minimum absolute atomic E-state index is 0. The maximum absolute atomic E-state index is 11.4. The van der Waals surface area contributed by atoms with E-state index in [4.69, 9.17) is 0 Å². The topological polar surface area (TPSA) is 78.7 Å². The van der Waals surface area contributed by atoms with Crippen molar-refractivity contribution in [1.82, 2.24) is 29.9 Å². The summed E-state index contributed by atoms with van der Waals surface area (Å²) in [7, 11) is 1.82. The third-order valence-corrected chi connectivity index (χ3v) is 5.01. The lowest BCUT2D eigenvalue weighted by molar-refractivity contribution is -0.130. The van der Waals surface area contributed by atoms with Crippen LogP contribution in [0.2, 0.25) is 0 Å². The highest BCUT2D eigenvalue weighted by Gasteiger charge is 2.24. The van der Waals surface area contributed by atoms with Gasteiger partial charge < -0.3 is 19.7 Å². The molecule has 2 aliphatic heterocycles. The van der Waals surface area contributed by atoms with Crippen LogP contribution in [0.25, 0.3) is 0 Å². The SMILES string of the molecule is CN=C(NCC1CCc2nnc(C)n2C1)N1CCN(C(C)=O)CC1.I. The molecule has 0 aromatic carbocycles. The van der Waals surface area contributed by atoms with Crippen LogP contribution >= 0.6 is 24.0 Å². The van der Waals surface area contributed by atoms with Crippen LogP contribution < -0.4 is 5.32 Å². The highest BCUT2D eigenvalue weighted by Crippen LogP contribution is 2.19. The van der Waals surface area contributed by atoms with E-state index in [0.29, 0.717) is 5.92 Å². The molecule has 0 spiro atoms. The van der Waals surface area contributed by atoms with Gasteiger partial charge in [-0.15, -0.1) is 34.2 Å². The number of hydrogen-bond donors (Lipinski definition) is 1. The lowest BCUT2D eigenvalue weighted by atomic mass is 9.99. The third-order valence-electron chi connectivity index (χ3n) is 5.01. The first-order valence-corrected chi connectivity index (χ1v) is 8.68. The molecule has 0 saturated carbocycles. The quantitative estimate of drug-likeness (QED) is 0.395. The number of fused-ring (bicyclic) bond motifs is 1. The molecule has 0 radical (unpaired) electrons. The van der Waals surface area contributed by atoms with Gasteiger partial charge in [0.15, 0.2) is 5.96 Å². The Morgan fingerprint density at radius 3 is 2.56 bits per heavy atom. The molecule has 2 aliphatic rings. The van der Waals surface area contributed by atoms with E-state index in [1.807, 2.05) is 18.9 Å². The van der Waals surface area contributed by atoms with Crippen LogP contribution in [0, 0.1) is 12.8 Å². The Morgan fingerprint density at radius 2 is 1.92 bits per heavy atom. The molecule has 0 aliphatic carbocycles. The predicted molar refractivity (Wildman–Crippen MR) is 107 cm³/mol. The van der Waals surface area contributed by atoms with E-state index in [0.717, 1.165) is 69.7 Å². The van der Waals surface area contributed by atoms with E-state index in [-0.39, 0.29) is 29.9 Å². The van der Waals surface area contributed by atoms with Crippen molar-refractivity contribution in [2.24, 2.45) is 10.9 Å². The van der Waals surface area contributed by atoms with Gasteiger partial charge >= 0.3 is 0 Å². The molecule has 140 valence electrons. The number of rotatable bonds is 2. The van der Waals surface area contributed by atoms with Gasteiger partial charge in [0.05, 0.1) is 0 Å². The van der Waals surface area contributed by atoms with Gasteiger partial charge in [-0.1, -0.05) is 0 Å². The first-order chi connectivity index (χ1) is 11.6. The van der Waals surface area contributed by atoms with Crippen LogP contribution in [0.4, 0.5) is 0 Å². The number of aryl methyl sites for hydroxylation is 2. The monoisotopic (exact) mass is 461 g/mol. The summed E-state index contributed by atoms with van der Waals surface area (Å²) in [5, 5.41) is 11.9. The first-order valence-electron chi connectivity index (χ1n) is 8.68. The zero-order chi connectivity index (χ0) is 17.1. The average Bonchev–Trinajstić information content (AvgIpc) is 2.96. The van der Waals surface area contributed by atoms with Crippen molar-refractivity contribution in [1.29, 1.82) is 0 Å². The molecule has 0 bridgehead atoms. The number of nitrogens with zero attached hydrogens (tertiary/aromatic N) is 6. The number of guanidine groups is 1. The molecular formula is C16H28IN7O. The van der Waals surface area contributed by atoms with Gasteiger partial charge in [-0.25, -0.2) is 0 Å². The average molecular weight is 461 g/mol. The van der Waals surface area contributed by atoms with Gasteiger partial charge in [0.1, 0.15) is 11.6 Å². The Hall–Kier alpha value is -1.39. The molecule has 3 rings (SSSR count). The molecule has 1 aromatic rings. The second-order valence-corrected chi connectivity index (χ2v) is 6.60. The second-order valence-electron chi connectivity index (χ2n) is 6.60. The highest BCUT2D eigenvalue weighted by molar-refractivity contribution is 14.0. The standard InChI is InChI=1S/C16H27N7O.HI/c1-12-19-20-15-5-4-14(11-23(12)15)10-18-16(17-3)22-8-6-21(7-9-22)13(2)24;/h14H,4-11H2,1-3H3,(H,17,18);1H. The van der Waals surface area contributed by atoms with E-state index in [9.17, 15) is 4.79 Å².